The number of benzene rings is 2. The van der Waals surface area contributed by atoms with Crippen molar-refractivity contribution in [2.75, 3.05) is 5.73 Å². The first-order chi connectivity index (χ1) is 9.72. The van der Waals surface area contributed by atoms with Gasteiger partial charge in [-0.3, -0.25) is 0 Å². The number of rotatable bonds is 3. The van der Waals surface area contributed by atoms with Crippen LogP contribution in [0.15, 0.2) is 48.5 Å². The Morgan fingerprint density at radius 1 is 1.10 bits per heavy atom. The molecule has 2 N–H and O–H groups in total. The van der Waals surface area contributed by atoms with Gasteiger partial charge in [0.25, 0.3) is 0 Å². The zero-order chi connectivity index (χ0) is 13.9. The Labute approximate surface area is 114 Å². The van der Waals surface area contributed by atoms with Gasteiger partial charge in [0.2, 0.25) is 0 Å². The maximum Gasteiger partial charge on any atom is 0.182 e. The lowest BCUT2D eigenvalue weighted by Gasteiger charge is -2.05. The summed E-state index contributed by atoms with van der Waals surface area (Å²) in [6.07, 6.45) is 0. The van der Waals surface area contributed by atoms with Crippen LogP contribution in [0.4, 0.5) is 10.1 Å². The van der Waals surface area contributed by atoms with Crippen molar-refractivity contribution in [3.63, 3.8) is 0 Å². The van der Waals surface area contributed by atoms with Crippen LogP contribution in [0.25, 0.3) is 11.4 Å². The SMILES string of the molecule is Nc1cccc(-c2nnnn2Cc2cccc(F)c2)c1. The maximum absolute atomic E-state index is 13.2. The van der Waals surface area contributed by atoms with E-state index in [1.165, 1.54) is 12.1 Å². The molecule has 3 aromatic rings. The number of hydrogen-bond donors (Lipinski definition) is 1. The quantitative estimate of drug-likeness (QED) is 0.739. The molecule has 1 aromatic heterocycles. The first-order valence-corrected chi connectivity index (χ1v) is 6.09. The lowest BCUT2D eigenvalue weighted by Crippen LogP contribution is -2.04. The maximum atomic E-state index is 13.2. The fourth-order valence-corrected chi connectivity index (χ4v) is 2.00. The van der Waals surface area contributed by atoms with E-state index in [0.717, 1.165) is 11.1 Å². The molecular weight excluding hydrogens is 257 g/mol. The fraction of sp³-hybridized carbons (Fsp3) is 0.0714. The Kier molecular flexibility index (Phi) is 3.12. The van der Waals surface area contributed by atoms with Crippen molar-refractivity contribution < 1.29 is 4.39 Å². The van der Waals surface area contributed by atoms with E-state index in [2.05, 4.69) is 15.5 Å². The van der Waals surface area contributed by atoms with Gasteiger partial charge in [-0.1, -0.05) is 24.3 Å². The predicted octanol–water partition coefficient (Wildman–Crippen LogP) is 2.11. The molecule has 100 valence electrons. The second kappa shape index (κ2) is 5.08. The van der Waals surface area contributed by atoms with Crippen LogP contribution in [0.1, 0.15) is 5.56 Å². The summed E-state index contributed by atoms with van der Waals surface area (Å²) >= 11 is 0. The minimum Gasteiger partial charge on any atom is -0.399 e. The van der Waals surface area contributed by atoms with Crippen LogP contribution in [0.5, 0.6) is 0 Å². The molecule has 0 unspecified atom stereocenters. The van der Waals surface area contributed by atoms with Crippen molar-refractivity contribution in [3.05, 3.63) is 59.9 Å². The number of nitrogens with zero attached hydrogens (tertiary/aromatic N) is 4. The molecule has 0 radical (unpaired) electrons. The number of nitrogen functional groups attached to an aromatic ring is 1. The van der Waals surface area contributed by atoms with Crippen LogP contribution in [-0.4, -0.2) is 20.2 Å². The van der Waals surface area contributed by atoms with E-state index in [4.69, 9.17) is 5.73 Å². The Morgan fingerprint density at radius 2 is 1.95 bits per heavy atom. The average molecular weight is 269 g/mol. The highest BCUT2D eigenvalue weighted by molar-refractivity contribution is 5.60. The van der Waals surface area contributed by atoms with Crippen LogP contribution >= 0.6 is 0 Å². The molecule has 0 saturated carbocycles. The number of nitrogens with two attached hydrogens (primary N) is 1. The molecule has 2 aromatic carbocycles. The summed E-state index contributed by atoms with van der Waals surface area (Å²) in [6.45, 7) is 0.398. The molecule has 0 spiro atoms. The highest BCUT2D eigenvalue weighted by Crippen LogP contribution is 2.19. The van der Waals surface area contributed by atoms with Crippen LogP contribution in [0.3, 0.4) is 0 Å². The summed E-state index contributed by atoms with van der Waals surface area (Å²) in [4.78, 5) is 0. The number of aromatic nitrogens is 4. The van der Waals surface area contributed by atoms with Gasteiger partial charge in [0, 0.05) is 11.3 Å². The standard InChI is InChI=1S/C14H12FN5/c15-12-5-1-3-10(7-12)9-20-14(17-18-19-20)11-4-2-6-13(16)8-11/h1-8H,9,16H2. The molecule has 0 fully saturated rings. The topological polar surface area (TPSA) is 69.6 Å². The van der Waals surface area contributed by atoms with Gasteiger partial charge in [0.05, 0.1) is 6.54 Å². The van der Waals surface area contributed by atoms with Crippen molar-refractivity contribution in [2.45, 2.75) is 6.54 Å². The molecule has 0 atom stereocenters. The van der Waals surface area contributed by atoms with Crippen molar-refractivity contribution in [2.24, 2.45) is 0 Å². The monoisotopic (exact) mass is 269 g/mol. The van der Waals surface area contributed by atoms with Gasteiger partial charge in [-0.25, -0.2) is 9.07 Å². The highest BCUT2D eigenvalue weighted by Gasteiger charge is 2.09. The summed E-state index contributed by atoms with van der Waals surface area (Å²) in [5.41, 5.74) is 8.02. The fourth-order valence-electron chi connectivity index (χ4n) is 2.00. The molecule has 0 saturated heterocycles. The zero-order valence-corrected chi connectivity index (χ0v) is 10.6. The average Bonchev–Trinajstić information content (AvgIpc) is 2.87. The van der Waals surface area contributed by atoms with E-state index in [9.17, 15) is 4.39 Å². The van der Waals surface area contributed by atoms with E-state index in [1.54, 1.807) is 22.9 Å². The molecule has 0 aliphatic rings. The molecule has 1 heterocycles. The Bertz CT molecular complexity index is 738. The molecule has 0 amide bonds. The van der Waals surface area contributed by atoms with Crippen LogP contribution < -0.4 is 5.73 Å². The summed E-state index contributed by atoms with van der Waals surface area (Å²) < 4.78 is 14.8. The Morgan fingerprint density at radius 3 is 2.75 bits per heavy atom. The second-order valence-corrected chi connectivity index (χ2v) is 4.42. The van der Waals surface area contributed by atoms with Gasteiger partial charge in [0.1, 0.15) is 5.82 Å². The summed E-state index contributed by atoms with van der Waals surface area (Å²) in [5, 5.41) is 11.6. The van der Waals surface area contributed by atoms with E-state index in [-0.39, 0.29) is 5.82 Å². The number of hydrogen-bond acceptors (Lipinski definition) is 4. The van der Waals surface area contributed by atoms with Gasteiger partial charge >= 0.3 is 0 Å². The summed E-state index contributed by atoms with van der Waals surface area (Å²) in [7, 11) is 0. The van der Waals surface area contributed by atoms with Gasteiger partial charge < -0.3 is 5.73 Å². The normalized spacial score (nSPS) is 10.7. The largest absolute Gasteiger partial charge is 0.399 e. The van der Waals surface area contributed by atoms with Gasteiger partial charge in [-0.05, 0) is 40.3 Å². The van der Waals surface area contributed by atoms with E-state index in [1.807, 2.05) is 18.2 Å². The van der Waals surface area contributed by atoms with Gasteiger partial charge in [-0.15, -0.1) is 5.10 Å². The van der Waals surface area contributed by atoms with E-state index >= 15 is 0 Å². The molecular formula is C14H12FN5. The van der Waals surface area contributed by atoms with Crippen LogP contribution in [-0.2, 0) is 6.54 Å². The lowest BCUT2D eigenvalue weighted by atomic mass is 10.2. The zero-order valence-electron chi connectivity index (χ0n) is 10.6. The Balaban J connectivity index is 1.94. The summed E-state index contributed by atoms with van der Waals surface area (Å²) in [6, 6.07) is 13.7. The van der Waals surface area contributed by atoms with E-state index in [0.29, 0.717) is 18.1 Å². The molecule has 5 nitrogen and oxygen atoms in total. The number of tetrazole rings is 1. The third-order valence-electron chi connectivity index (χ3n) is 2.90. The number of anilines is 1. The first-order valence-electron chi connectivity index (χ1n) is 6.09. The minimum absolute atomic E-state index is 0.277. The van der Waals surface area contributed by atoms with Gasteiger partial charge in [0.15, 0.2) is 5.82 Å². The third-order valence-corrected chi connectivity index (χ3v) is 2.90. The number of halogens is 1. The van der Waals surface area contributed by atoms with Crippen molar-refractivity contribution in [3.8, 4) is 11.4 Å². The second-order valence-electron chi connectivity index (χ2n) is 4.42. The van der Waals surface area contributed by atoms with Gasteiger partial charge in [-0.2, -0.15) is 0 Å². The molecule has 3 rings (SSSR count). The van der Waals surface area contributed by atoms with E-state index < -0.39 is 0 Å². The smallest absolute Gasteiger partial charge is 0.182 e. The van der Waals surface area contributed by atoms with Crippen molar-refractivity contribution >= 4 is 5.69 Å². The lowest BCUT2D eigenvalue weighted by molar-refractivity contribution is 0.615. The predicted molar refractivity (Wildman–Crippen MR) is 73.2 cm³/mol. The minimum atomic E-state index is -0.277. The molecule has 0 aliphatic carbocycles. The van der Waals surface area contributed by atoms with Crippen molar-refractivity contribution in [1.82, 2.24) is 20.2 Å². The molecule has 6 heteroatoms. The third kappa shape index (κ3) is 2.49. The molecule has 20 heavy (non-hydrogen) atoms. The molecule has 0 aliphatic heterocycles. The van der Waals surface area contributed by atoms with Crippen molar-refractivity contribution in [1.29, 1.82) is 0 Å². The Hall–Kier alpha value is -2.76. The van der Waals surface area contributed by atoms with Crippen LogP contribution in [0, 0.1) is 5.82 Å². The van der Waals surface area contributed by atoms with Crippen LogP contribution in [0.2, 0.25) is 0 Å². The highest BCUT2D eigenvalue weighted by atomic mass is 19.1. The molecule has 0 bridgehead atoms. The first kappa shape index (κ1) is 12.3. The summed E-state index contributed by atoms with van der Waals surface area (Å²) in [5.74, 6) is 0.322.